The summed E-state index contributed by atoms with van der Waals surface area (Å²) in [6.45, 7) is 0. The van der Waals surface area contributed by atoms with Crippen molar-refractivity contribution in [1.82, 2.24) is 19.9 Å². The Balaban J connectivity index is 1.63. The fourth-order valence-electron chi connectivity index (χ4n) is 2.50. The fraction of sp³-hybridized carbons (Fsp3) is 0.294. The van der Waals surface area contributed by atoms with Crippen LogP contribution in [0.2, 0.25) is 5.28 Å². The molecule has 0 aliphatic carbocycles. The van der Waals surface area contributed by atoms with Gasteiger partial charge in [-0.2, -0.15) is 4.98 Å². The fourth-order valence-corrected chi connectivity index (χ4v) is 3.64. The summed E-state index contributed by atoms with van der Waals surface area (Å²) in [6.07, 6.45) is 1.79. The molecule has 0 aliphatic rings. The van der Waals surface area contributed by atoms with Gasteiger partial charge < -0.3 is 24.5 Å². The van der Waals surface area contributed by atoms with Crippen molar-refractivity contribution in [3.05, 3.63) is 23.7 Å². The van der Waals surface area contributed by atoms with Crippen LogP contribution < -0.4 is 19.5 Å². The van der Waals surface area contributed by atoms with Crippen molar-refractivity contribution >= 4 is 46.1 Å². The Morgan fingerprint density at radius 2 is 1.89 bits per heavy atom. The Morgan fingerprint density at radius 1 is 1.18 bits per heavy atom. The van der Waals surface area contributed by atoms with Gasteiger partial charge in [-0.1, -0.05) is 0 Å². The number of hydrogen-bond acceptors (Lipinski definition) is 8. The van der Waals surface area contributed by atoms with Crippen molar-refractivity contribution in [2.45, 2.75) is 11.4 Å². The minimum atomic E-state index is -0.164. The standard InChI is InChI=1S/C17H18ClN5O4S/c1-25-10-6-9(7-11(26-2)14(10)27-3)21-12(24)4-5-28-16-13-15(20-8-19-13)22-17(18)23-16/h6-8H,4-5H2,1-3H3,(H,21,24)(H,19,20,22,23). The van der Waals surface area contributed by atoms with Crippen molar-refractivity contribution in [2.75, 3.05) is 32.4 Å². The number of H-pyrrole nitrogens is 1. The zero-order valence-electron chi connectivity index (χ0n) is 15.4. The lowest BCUT2D eigenvalue weighted by Gasteiger charge is -2.14. The molecule has 148 valence electrons. The summed E-state index contributed by atoms with van der Waals surface area (Å²) in [6, 6.07) is 3.34. The molecule has 0 radical (unpaired) electrons. The summed E-state index contributed by atoms with van der Waals surface area (Å²) in [4.78, 5) is 27.6. The highest BCUT2D eigenvalue weighted by Crippen LogP contribution is 2.40. The first-order valence-electron chi connectivity index (χ1n) is 8.15. The Morgan fingerprint density at radius 3 is 2.54 bits per heavy atom. The molecule has 28 heavy (non-hydrogen) atoms. The quantitative estimate of drug-likeness (QED) is 0.323. The van der Waals surface area contributed by atoms with E-state index < -0.39 is 0 Å². The van der Waals surface area contributed by atoms with Crippen LogP contribution in [0.15, 0.2) is 23.5 Å². The number of benzene rings is 1. The van der Waals surface area contributed by atoms with Crippen molar-refractivity contribution in [2.24, 2.45) is 0 Å². The second-order valence-electron chi connectivity index (χ2n) is 5.46. The second kappa shape index (κ2) is 8.98. The summed E-state index contributed by atoms with van der Waals surface area (Å²) in [5.74, 6) is 1.72. The number of anilines is 1. The zero-order valence-corrected chi connectivity index (χ0v) is 17.0. The second-order valence-corrected chi connectivity index (χ2v) is 6.88. The molecule has 0 atom stereocenters. The number of carbonyl (C=O) groups excluding carboxylic acids is 1. The predicted octanol–water partition coefficient (Wildman–Crippen LogP) is 3.15. The van der Waals surface area contributed by atoms with Crippen LogP contribution in [0.5, 0.6) is 17.2 Å². The smallest absolute Gasteiger partial charge is 0.225 e. The maximum Gasteiger partial charge on any atom is 0.225 e. The van der Waals surface area contributed by atoms with Gasteiger partial charge in [-0.15, -0.1) is 11.8 Å². The monoisotopic (exact) mass is 423 g/mol. The highest BCUT2D eigenvalue weighted by Gasteiger charge is 2.15. The van der Waals surface area contributed by atoms with Crippen LogP contribution >= 0.6 is 23.4 Å². The number of ether oxygens (including phenoxy) is 3. The summed E-state index contributed by atoms with van der Waals surface area (Å²) in [7, 11) is 4.55. The van der Waals surface area contributed by atoms with Crippen LogP contribution in [0.25, 0.3) is 11.2 Å². The van der Waals surface area contributed by atoms with Crippen LogP contribution in [0.1, 0.15) is 6.42 Å². The van der Waals surface area contributed by atoms with E-state index in [1.807, 2.05) is 0 Å². The van der Waals surface area contributed by atoms with Crippen LogP contribution in [-0.4, -0.2) is 52.9 Å². The van der Waals surface area contributed by atoms with Crippen molar-refractivity contribution in [3.63, 3.8) is 0 Å². The molecule has 0 fully saturated rings. The summed E-state index contributed by atoms with van der Waals surface area (Å²) in [5.41, 5.74) is 1.73. The van der Waals surface area contributed by atoms with Gasteiger partial charge in [0, 0.05) is 30.0 Å². The van der Waals surface area contributed by atoms with E-state index in [0.29, 0.717) is 44.9 Å². The normalized spacial score (nSPS) is 10.7. The predicted molar refractivity (Wildman–Crippen MR) is 107 cm³/mol. The SMILES string of the molecule is COc1cc(NC(=O)CCSc2nc(Cl)nc3nc[nH]c23)cc(OC)c1OC. The maximum atomic E-state index is 12.3. The first-order valence-corrected chi connectivity index (χ1v) is 9.51. The first-order chi connectivity index (χ1) is 13.5. The van der Waals surface area contributed by atoms with E-state index in [1.54, 1.807) is 12.1 Å². The van der Waals surface area contributed by atoms with E-state index in [0.717, 1.165) is 0 Å². The highest BCUT2D eigenvalue weighted by molar-refractivity contribution is 7.99. The first kappa shape index (κ1) is 20.0. The number of nitrogens with zero attached hydrogens (tertiary/aromatic N) is 3. The minimum absolute atomic E-state index is 0.115. The number of fused-ring (bicyclic) bond motifs is 1. The number of imidazole rings is 1. The van der Waals surface area contributed by atoms with E-state index in [-0.39, 0.29) is 17.6 Å². The minimum Gasteiger partial charge on any atom is -0.493 e. The third-order valence-corrected chi connectivity index (χ3v) is 4.89. The zero-order chi connectivity index (χ0) is 20.1. The molecule has 0 bridgehead atoms. The molecule has 0 saturated carbocycles. The summed E-state index contributed by atoms with van der Waals surface area (Å²) >= 11 is 7.30. The molecule has 2 aromatic heterocycles. The lowest BCUT2D eigenvalue weighted by molar-refractivity contribution is -0.115. The molecule has 2 N–H and O–H groups in total. The van der Waals surface area contributed by atoms with Gasteiger partial charge in [-0.05, 0) is 11.6 Å². The number of methoxy groups -OCH3 is 3. The van der Waals surface area contributed by atoms with Gasteiger partial charge in [-0.25, -0.2) is 9.97 Å². The van der Waals surface area contributed by atoms with E-state index in [2.05, 4.69) is 25.3 Å². The molecule has 0 aliphatic heterocycles. The largest absolute Gasteiger partial charge is 0.493 e. The van der Waals surface area contributed by atoms with Crippen LogP contribution in [0.3, 0.4) is 0 Å². The number of rotatable bonds is 8. The molecule has 0 unspecified atom stereocenters. The van der Waals surface area contributed by atoms with Gasteiger partial charge in [0.1, 0.15) is 10.5 Å². The molecule has 1 amide bonds. The number of amides is 1. The number of nitrogens with one attached hydrogen (secondary N) is 2. The van der Waals surface area contributed by atoms with Crippen molar-refractivity contribution in [3.8, 4) is 17.2 Å². The molecule has 3 aromatic rings. The summed E-state index contributed by atoms with van der Waals surface area (Å²) < 4.78 is 15.8. The third-order valence-electron chi connectivity index (χ3n) is 3.74. The average molecular weight is 424 g/mol. The molecule has 9 nitrogen and oxygen atoms in total. The number of aromatic nitrogens is 4. The number of hydrogen-bond donors (Lipinski definition) is 2. The lowest BCUT2D eigenvalue weighted by atomic mass is 10.2. The summed E-state index contributed by atoms with van der Waals surface area (Å²) in [5, 5.41) is 3.59. The van der Waals surface area contributed by atoms with Gasteiger partial charge in [0.15, 0.2) is 17.1 Å². The van der Waals surface area contributed by atoms with Gasteiger partial charge in [-0.3, -0.25) is 4.79 Å². The highest BCUT2D eigenvalue weighted by atomic mass is 35.5. The van der Waals surface area contributed by atoms with E-state index in [1.165, 1.54) is 39.4 Å². The van der Waals surface area contributed by atoms with Crippen LogP contribution in [0.4, 0.5) is 5.69 Å². The van der Waals surface area contributed by atoms with Crippen LogP contribution in [-0.2, 0) is 4.79 Å². The molecule has 2 heterocycles. The molecular weight excluding hydrogens is 406 g/mol. The van der Waals surface area contributed by atoms with E-state index >= 15 is 0 Å². The van der Waals surface area contributed by atoms with E-state index in [9.17, 15) is 4.79 Å². The van der Waals surface area contributed by atoms with Gasteiger partial charge in [0.25, 0.3) is 0 Å². The number of carbonyl (C=O) groups is 1. The van der Waals surface area contributed by atoms with Gasteiger partial charge in [0.2, 0.25) is 16.9 Å². The molecule has 11 heteroatoms. The topological polar surface area (TPSA) is 111 Å². The van der Waals surface area contributed by atoms with Crippen molar-refractivity contribution in [1.29, 1.82) is 0 Å². The molecule has 0 saturated heterocycles. The van der Waals surface area contributed by atoms with E-state index in [4.69, 9.17) is 25.8 Å². The van der Waals surface area contributed by atoms with Crippen LogP contribution in [0, 0.1) is 0 Å². The molecule has 1 aromatic carbocycles. The Kier molecular flexibility index (Phi) is 6.42. The Bertz CT molecular complexity index is 972. The number of halogens is 1. The Labute approximate surface area is 170 Å². The van der Waals surface area contributed by atoms with Gasteiger partial charge >= 0.3 is 0 Å². The molecular formula is C17H18ClN5O4S. The number of aromatic amines is 1. The molecule has 3 rings (SSSR count). The average Bonchev–Trinajstić information content (AvgIpc) is 3.15. The third kappa shape index (κ3) is 4.39. The van der Waals surface area contributed by atoms with Gasteiger partial charge in [0.05, 0.1) is 27.7 Å². The maximum absolute atomic E-state index is 12.3. The molecule has 0 spiro atoms. The lowest BCUT2D eigenvalue weighted by Crippen LogP contribution is -2.12. The van der Waals surface area contributed by atoms with Crippen molar-refractivity contribution < 1.29 is 19.0 Å². The Hall–Kier alpha value is -2.72. The number of thioether (sulfide) groups is 1.